The summed E-state index contributed by atoms with van der Waals surface area (Å²) in [5, 5.41) is 7.02. The lowest BCUT2D eigenvalue weighted by atomic mass is 9.96. The molecule has 0 saturated heterocycles. The lowest BCUT2D eigenvalue weighted by Gasteiger charge is -2.27. The number of rotatable bonds is 19. The van der Waals surface area contributed by atoms with Gasteiger partial charge in [-0.05, 0) is 177 Å². The van der Waals surface area contributed by atoms with Gasteiger partial charge in [-0.1, -0.05) is 388 Å². The summed E-state index contributed by atoms with van der Waals surface area (Å²) in [4.78, 5) is 35.9. The Kier molecular flexibility index (Phi) is 21.7. The van der Waals surface area contributed by atoms with Crippen LogP contribution >= 0.6 is 11.3 Å². The summed E-state index contributed by atoms with van der Waals surface area (Å²) < 4.78 is 7.23. The summed E-state index contributed by atoms with van der Waals surface area (Å²) in [5.74, 6) is 3.71. The fourth-order valence-electron chi connectivity index (χ4n) is 19.1. The topological polar surface area (TPSA) is 93.7 Å². The SMILES string of the molecule is c1ccc(-c2ccc(N(c3ccc(-c4ccccc4)cc3)c3cc(-c4ccc(-c5nc(-c6ccccc6)nc(-c6ccccc6)n5)cc4)c4c5ccccc5n(-c5ccccc5)c4c3)cc2)cc1.c1ccc(-c2ccc(N(c3ccc(-c4ccccc4)cc3)c3cc(-c4nc(-c5ccccc5)nc(-c5ccc6c(c5)sc5ccccc56)n4)c4c5ccccc5n(-c5ccccc5)c4c3)cc2)cc1. The van der Waals surface area contributed by atoms with Crippen LogP contribution in [-0.2, 0) is 0 Å². The molecule has 0 amide bonds. The highest BCUT2D eigenvalue weighted by atomic mass is 32.1. The van der Waals surface area contributed by atoms with E-state index in [1.165, 1.54) is 64.3 Å². The Bertz CT molecular complexity index is 8450. The number of anilines is 6. The predicted molar refractivity (Wildman–Crippen MR) is 570 cm³/mol. The first-order valence-corrected chi connectivity index (χ1v) is 46.9. The van der Waals surface area contributed by atoms with Crippen LogP contribution in [0.5, 0.6) is 0 Å². The van der Waals surface area contributed by atoms with Crippen molar-refractivity contribution in [3.8, 4) is 135 Å². The molecule has 0 radical (unpaired) electrons. The number of hydrogen-bond donors (Lipinski definition) is 0. The van der Waals surface area contributed by atoms with Gasteiger partial charge in [-0.15, -0.1) is 11.3 Å². The number of thiophene rings is 1. The molecule has 0 spiro atoms. The molecule has 0 saturated carbocycles. The van der Waals surface area contributed by atoms with Crippen molar-refractivity contribution in [3.05, 3.63) is 510 Å². The van der Waals surface area contributed by atoms with Crippen LogP contribution in [0.15, 0.2) is 510 Å². The third kappa shape index (κ3) is 16.1. The molecule has 0 aliphatic heterocycles. The highest BCUT2D eigenvalue weighted by Crippen LogP contribution is 2.50. The van der Waals surface area contributed by atoms with Gasteiger partial charge in [0.2, 0.25) is 0 Å². The molecule has 0 fully saturated rings. The minimum Gasteiger partial charge on any atom is -0.310 e. The van der Waals surface area contributed by atoms with Crippen LogP contribution < -0.4 is 9.80 Å². The van der Waals surface area contributed by atoms with Crippen LogP contribution in [0.2, 0.25) is 0 Å². The summed E-state index contributed by atoms with van der Waals surface area (Å²) in [6.07, 6.45) is 0. The standard InChI is InChI=1S/C63H41N5S.C63H43N5/c1-5-17-42(18-6-1)44-29-34-49(35-30-44)67(50-36-31-45(32-37-50)43-19-7-2-8-20-43)51-40-55(60-54-26-13-15-27-56(54)68(57(60)41-51)48-23-11-4-12-24-48)63-65-61(46-21-9-3-10-22-46)64-62(66-63)47-33-38-53-52-25-14-16-28-58(52)69-59(53)39-47;1-6-18-44(19-7-1)46-34-38-53(39-35-46)67(54-40-36-47(37-41-54)45-20-8-2-9-21-45)55-42-57(60-56-28-16-17-29-58(56)68(59(60)43-55)52-26-14-5-15-27-52)48-30-32-51(33-31-48)63-65-61(49-22-10-3-11-23-49)64-62(66-63)50-24-12-4-13-25-50/h1-41H;1-43H. The molecular weight excluding hydrogens is 1690 g/mol. The van der Waals surface area contributed by atoms with Gasteiger partial charge < -0.3 is 18.9 Å². The fourth-order valence-corrected chi connectivity index (χ4v) is 20.3. The Labute approximate surface area is 797 Å². The second-order valence-corrected chi connectivity index (χ2v) is 35.2. The average Bonchev–Trinajstić information content (AvgIpc) is 1.57. The van der Waals surface area contributed by atoms with Crippen LogP contribution in [0.4, 0.5) is 34.1 Å². The van der Waals surface area contributed by atoms with E-state index < -0.39 is 0 Å². The Balaban J connectivity index is 0.000000150. The molecule has 10 nitrogen and oxygen atoms in total. The van der Waals surface area contributed by atoms with E-state index in [1.807, 2.05) is 78.9 Å². The maximum absolute atomic E-state index is 5.49. The van der Waals surface area contributed by atoms with Crippen molar-refractivity contribution in [2.45, 2.75) is 0 Å². The molecule has 5 heterocycles. The molecule has 0 aliphatic carbocycles. The van der Waals surface area contributed by atoms with E-state index in [9.17, 15) is 0 Å². The Hall–Kier alpha value is -18.2. The van der Waals surface area contributed by atoms with Crippen LogP contribution in [0, 0.1) is 0 Å². The number of para-hydroxylation sites is 4. The van der Waals surface area contributed by atoms with Crippen LogP contribution in [0.3, 0.4) is 0 Å². The molecule has 644 valence electrons. The molecule has 25 aromatic rings. The Morgan fingerprint density at radius 3 is 0.788 bits per heavy atom. The molecule has 0 unspecified atom stereocenters. The largest absolute Gasteiger partial charge is 0.310 e. The monoisotopic (exact) mass is 1770 g/mol. The summed E-state index contributed by atoms with van der Waals surface area (Å²) >= 11 is 1.80. The lowest BCUT2D eigenvalue weighted by Crippen LogP contribution is -2.11. The number of aromatic nitrogens is 8. The number of benzene rings is 20. The first-order chi connectivity index (χ1) is 67.9. The third-order valence-corrected chi connectivity index (χ3v) is 26.8. The molecule has 11 heteroatoms. The van der Waals surface area contributed by atoms with Crippen LogP contribution in [0.1, 0.15) is 0 Å². The summed E-state index contributed by atoms with van der Waals surface area (Å²) in [6.45, 7) is 0. The summed E-state index contributed by atoms with van der Waals surface area (Å²) in [7, 11) is 0. The van der Waals surface area contributed by atoms with Crippen LogP contribution in [0.25, 0.3) is 199 Å². The van der Waals surface area contributed by atoms with Gasteiger partial charge in [-0.3, -0.25) is 0 Å². The molecular formula is C126H84N10S. The van der Waals surface area contributed by atoms with E-state index in [1.54, 1.807) is 11.3 Å². The maximum atomic E-state index is 5.49. The molecule has 0 atom stereocenters. The highest BCUT2D eigenvalue weighted by Gasteiger charge is 2.28. The first-order valence-electron chi connectivity index (χ1n) is 46.1. The fraction of sp³-hybridized carbons (Fsp3) is 0. The zero-order valence-electron chi connectivity index (χ0n) is 74.4. The van der Waals surface area contributed by atoms with Gasteiger partial charge in [0.15, 0.2) is 34.9 Å². The lowest BCUT2D eigenvalue weighted by molar-refractivity contribution is 1.07. The van der Waals surface area contributed by atoms with Crippen molar-refractivity contribution in [2.75, 3.05) is 9.80 Å². The molecule has 5 aromatic heterocycles. The van der Waals surface area contributed by atoms with E-state index in [0.717, 1.165) is 134 Å². The van der Waals surface area contributed by atoms with Gasteiger partial charge in [0.25, 0.3) is 0 Å². The normalized spacial score (nSPS) is 11.4. The van der Waals surface area contributed by atoms with Crippen molar-refractivity contribution in [1.29, 1.82) is 0 Å². The van der Waals surface area contributed by atoms with Gasteiger partial charge in [0.05, 0.1) is 22.1 Å². The molecule has 137 heavy (non-hydrogen) atoms. The van der Waals surface area contributed by atoms with Crippen LogP contribution in [-0.4, -0.2) is 39.0 Å². The van der Waals surface area contributed by atoms with Gasteiger partial charge in [0.1, 0.15) is 0 Å². The molecule has 25 rings (SSSR count). The van der Waals surface area contributed by atoms with Gasteiger partial charge >= 0.3 is 0 Å². The zero-order valence-corrected chi connectivity index (χ0v) is 75.2. The van der Waals surface area contributed by atoms with Gasteiger partial charge in [-0.25, -0.2) is 29.9 Å². The average molecular weight is 1770 g/mol. The van der Waals surface area contributed by atoms with Crippen molar-refractivity contribution in [3.63, 3.8) is 0 Å². The Morgan fingerprint density at radius 1 is 0.161 bits per heavy atom. The number of fused-ring (bicyclic) bond motifs is 9. The van der Waals surface area contributed by atoms with E-state index in [-0.39, 0.29) is 0 Å². The second kappa shape index (κ2) is 36.2. The van der Waals surface area contributed by atoms with Crippen molar-refractivity contribution >= 4 is 109 Å². The zero-order chi connectivity index (χ0) is 90.9. The third-order valence-electron chi connectivity index (χ3n) is 25.7. The van der Waals surface area contributed by atoms with E-state index in [4.69, 9.17) is 29.9 Å². The second-order valence-electron chi connectivity index (χ2n) is 34.1. The van der Waals surface area contributed by atoms with E-state index in [0.29, 0.717) is 34.9 Å². The minimum atomic E-state index is 0.594. The van der Waals surface area contributed by atoms with E-state index >= 15 is 0 Å². The quantitative estimate of drug-likeness (QED) is 0.0790. The molecule has 0 bridgehead atoms. The van der Waals surface area contributed by atoms with Crippen molar-refractivity contribution in [1.82, 2.24) is 39.0 Å². The van der Waals surface area contributed by atoms with Crippen molar-refractivity contribution < 1.29 is 0 Å². The van der Waals surface area contributed by atoms with Gasteiger partial charge in [-0.2, -0.15) is 0 Å². The number of nitrogens with zero attached hydrogens (tertiary/aromatic N) is 10. The molecule has 20 aromatic carbocycles. The smallest absolute Gasteiger partial charge is 0.164 e. The minimum absolute atomic E-state index is 0.594. The maximum Gasteiger partial charge on any atom is 0.164 e. The van der Waals surface area contributed by atoms with Gasteiger partial charge in [0, 0.05) is 121 Å². The molecule has 0 aliphatic rings. The first kappa shape index (κ1) is 82.0. The van der Waals surface area contributed by atoms with E-state index in [2.05, 4.69) is 450 Å². The van der Waals surface area contributed by atoms with Crippen molar-refractivity contribution in [2.24, 2.45) is 0 Å². The summed E-state index contributed by atoms with van der Waals surface area (Å²) in [5.41, 5.74) is 29.8. The molecule has 0 N–H and O–H groups in total. The predicted octanol–water partition coefficient (Wildman–Crippen LogP) is 33.6. The number of hydrogen-bond acceptors (Lipinski definition) is 9. The highest BCUT2D eigenvalue weighted by molar-refractivity contribution is 7.25. The summed E-state index contributed by atoms with van der Waals surface area (Å²) in [6, 6.07) is 180. The Morgan fingerprint density at radius 2 is 0.416 bits per heavy atom.